The Labute approximate surface area is 69.3 Å². The van der Waals surface area contributed by atoms with Crippen LogP contribution in [0.1, 0.15) is 0 Å². The standard InChI is InChI=1S/C10H9Si/c11-10-6-5-8-3-1-2-4-9(8)7-10/h1-7H,11H2. The van der Waals surface area contributed by atoms with Gasteiger partial charge in [-0.15, -0.1) is 0 Å². The molecule has 0 N–H and O–H groups in total. The van der Waals surface area contributed by atoms with Crippen molar-refractivity contribution in [2.24, 2.45) is 0 Å². The van der Waals surface area contributed by atoms with Crippen LogP contribution >= 0.6 is 0 Å². The normalized spacial score (nSPS) is 10.3. The van der Waals surface area contributed by atoms with Crippen molar-refractivity contribution in [3.8, 4) is 0 Å². The van der Waals surface area contributed by atoms with Crippen molar-refractivity contribution < 1.29 is 0 Å². The highest BCUT2D eigenvalue weighted by Gasteiger charge is 1.89. The van der Waals surface area contributed by atoms with E-state index in [-0.39, 0.29) is 0 Å². The first-order valence-electron chi connectivity index (χ1n) is 3.67. The fraction of sp³-hybridized carbons (Fsp3) is 0. The number of fused-ring (bicyclic) bond motifs is 1. The summed E-state index contributed by atoms with van der Waals surface area (Å²) in [6, 6.07) is 15.0. The summed E-state index contributed by atoms with van der Waals surface area (Å²) in [5.74, 6) is 0. The van der Waals surface area contributed by atoms with Gasteiger partial charge in [-0.1, -0.05) is 47.7 Å². The quantitative estimate of drug-likeness (QED) is 0.502. The van der Waals surface area contributed by atoms with Gasteiger partial charge in [0.15, 0.2) is 0 Å². The lowest BCUT2D eigenvalue weighted by molar-refractivity contribution is 1.78. The average molecular weight is 157 g/mol. The molecule has 2 aromatic rings. The molecule has 0 saturated carbocycles. The highest BCUT2D eigenvalue weighted by Crippen LogP contribution is 2.09. The largest absolute Gasteiger partial charge is 0.0691 e. The summed E-state index contributed by atoms with van der Waals surface area (Å²) in [7, 11) is 1.92. The van der Waals surface area contributed by atoms with E-state index in [9.17, 15) is 0 Å². The highest BCUT2D eigenvalue weighted by molar-refractivity contribution is 6.33. The summed E-state index contributed by atoms with van der Waals surface area (Å²) in [5, 5.41) is 4.01. The maximum Gasteiger partial charge on any atom is 0.0477 e. The summed E-state index contributed by atoms with van der Waals surface area (Å²) < 4.78 is 0. The van der Waals surface area contributed by atoms with E-state index >= 15 is 0 Å². The molecule has 0 aliphatic carbocycles. The van der Waals surface area contributed by atoms with Gasteiger partial charge in [0.05, 0.1) is 0 Å². The molecular formula is C10H9Si. The van der Waals surface area contributed by atoms with Gasteiger partial charge in [-0.3, -0.25) is 0 Å². The Morgan fingerprint density at radius 1 is 0.818 bits per heavy atom. The fourth-order valence-electron chi connectivity index (χ4n) is 1.24. The van der Waals surface area contributed by atoms with E-state index < -0.39 is 0 Å². The molecule has 0 bridgehead atoms. The van der Waals surface area contributed by atoms with Gasteiger partial charge in [-0.2, -0.15) is 0 Å². The Bertz CT molecular complexity index is 379. The molecule has 0 heterocycles. The maximum atomic E-state index is 2.22. The molecule has 53 valence electrons. The van der Waals surface area contributed by atoms with Crippen LogP contribution in [0.25, 0.3) is 10.8 Å². The van der Waals surface area contributed by atoms with Gasteiger partial charge in [0.1, 0.15) is 0 Å². The molecule has 0 aromatic heterocycles. The average Bonchev–Trinajstić information content (AvgIpc) is 2.04. The first-order valence-corrected chi connectivity index (χ1v) is 4.38. The molecule has 0 unspecified atom stereocenters. The van der Waals surface area contributed by atoms with E-state index in [1.165, 1.54) is 16.0 Å². The molecule has 11 heavy (non-hydrogen) atoms. The minimum atomic E-state index is 1.32. The zero-order valence-corrected chi connectivity index (χ0v) is 7.66. The third kappa shape index (κ3) is 1.19. The first-order chi connectivity index (χ1) is 5.36. The van der Waals surface area contributed by atoms with E-state index in [0.29, 0.717) is 0 Å². The van der Waals surface area contributed by atoms with E-state index in [1.54, 1.807) is 0 Å². The van der Waals surface area contributed by atoms with Crippen molar-refractivity contribution >= 4 is 26.2 Å². The molecule has 0 saturated heterocycles. The second-order valence-electron chi connectivity index (χ2n) is 2.68. The van der Waals surface area contributed by atoms with Crippen molar-refractivity contribution in [2.75, 3.05) is 0 Å². The predicted molar refractivity (Wildman–Crippen MR) is 52.1 cm³/mol. The highest BCUT2D eigenvalue weighted by atomic mass is 28.1. The lowest BCUT2D eigenvalue weighted by Gasteiger charge is -1.96. The van der Waals surface area contributed by atoms with Gasteiger partial charge in [0.25, 0.3) is 0 Å². The Hall–Kier alpha value is -1.08. The molecule has 0 aliphatic rings. The van der Waals surface area contributed by atoms with Crippen LogP contribution in [0.4, 0.5) is 0 Å². The smallest absolute Gasteiger partial charge is 0.0477 e. The molecule has 2 aromatic carbocycles. The van der Waals surface area contributed by atoms with Crippen LogP contribution in [0.3, 0.4) is 0 Å². The zero-order chi connectivity index (χ0) is 7.68. The Kier molecular flexibility index (Phi) is 1.51. The van der Waals surface area contributed by atoms with Crippen LogP contribution in [0.2, 0.25) is 0 Å². The van der Waals surface area contributed by atoms with Crippen molar-refractivity contribution in [3.63, 3.8) is 0 Å². The monoisotopic (exact) mass is 157 g/mol. The Balaban J connectivity index is 2.83. The Morgan fingerprint density at radius 2 is 1.55 bits per heavy atom. The molecule has 0 amide bonds. The minimum absolute atomic E-state index is 1.32. The molecule has 0 atom stereocenters. The molecule has 0 nitrogen and oxygen atoms in total. The third-order valence-corrected chi connectivity index (χ3v) is 2.25. The second kappa shape index (κ2) is 2.51. The number of rotatable bonds is 0. The van der Waals surface area contributed by atoms with Crippen molar-refractivity contribution in [2.45, 2.75) is 0 Å². The van der Waals surface area contributed by atoms with Gasteiger partial charge in [0.2, 0.25) is 0 Å². The minimum Gasteiger partial charge on any atom is -0.0691 e. The first kappa shape index (κ1) is 6.62. The Morgan fingerprint density at radius 3 is 2.36 bits per heavy atom. The van der Waals surface area contributed by atoms with E-state index in [0.717, 1.165) is 0 Å². The predicted octanol–water partition coefficient (Wildman–Crippen LogP) is 1.10. The van der Waals surface area contributed by atoms with Crippen molar-refractivity contribution in [1.82, 2.24) is 0 Å². The fourth-order valence-corrected chi connectivity index (χ4v) is 1.58. The summed E-state index contributed by atoms with van der Waals surface area (Å²) in [5.41, 5.74) is 0. The van der Waals surface area contributed by atoms with Crippen molar-refractivity contribution in [3.05, 3.63) is 42.5 Å². The number of hydrogen-bond acceptors (Lipinski definition) is 0. The molecule has 0 aliphatic heterocycles. The van der Waals surface area contributed by atoms with E-state index in [2.05, 4.69) is 42.5 Å². The molecule has 1 heteroatoms. The zero-order valence-electron chi connectivity index (χ0n) is 6.25. The van der Waals surface area contributed by atoms with Gasteiger partial charge in [0, 0.05) is 10.2 Å². The summed E-state index contributed by atoms with van der Waals surface area (Å²) in [4.78, 5) is 0. The summed E-state index contributed by atoms with van der Waals surface area (Å²) in [6.45, 7) is 0. The maximum absolute atomic E-state index is 2.22. The molecule has 1 radical (unpaired) electrons. The number of benzene rings is 2. The summed E-state index contributed by atoms with van der Waals surface area (Å²) in [6.07, 6.45) is 0. The van der Waals surface area contributed by atoms with Crippen LogP contribution in [0.5, 0.6) is 0 Å². The van der Waals surface area contributed by atoms with Crippen LogP contribution < -0.4 is 5.19 Å². The molecule has 0 spiro atoms. The molecular weight excluding hydrogens is 148 g/mol. The van der Waals surface area contributed by atoms with Crippen LogP contribution in [0, 0.1) is 0 Å². The topological polar surface area (TPSA) is 0 Å². The van der Waals surface area contributed by atoms with Crippen LogP contribution in [-0.4, -0.2) is 10.2 Å². The van der Waals surface area contributed by atoms with Crippen LogP contribution in [0.15, 0.2) is 42.5 Å². The second-order valence-corrected chi connectivity index (χ2v) is 3.50. The molecule has 0 fully saturated rings. The number of hydrogen-bond donors (Lipinski definition) is 0. The summed E-state index contributed by atoms with van der Waals surface area (Å²) >= 11 is 0. The van der Waals surface area contributed by atoms with Gasteiger partial charge < -0.3 is 0 Å². The SMILES string of the molecule is [SiH2]c1ccc2ccccc2c1. The lowest BCUT2D eigenvalue weighted by Crippen LogP contribution is -1.99. The third-order valence-electron chi connectivity index (χ3n) is 1.81. The van der Waals surface area contributed by atoms with E-state index in [4.69, 9.17) is 0 Å². The van der Waals surface area contributed by atoms with Crippen molar-refractivity contribution in [1.29, 1.82) is 0 Å². The van der Waals surface area contributed by atoms with Gasteiger partial charge in [-0.05, 0) is 10.8 Å². The van der Waals surface area contributed by atoms with Crippen LogP contribution in [-0.2, 0) is 0 Å². The molecule has 2 rings (SSSR count). The lowest BCUT2D eigenvalue weighted by atomic mass is 10.1. The van der Waals surface area contributed by atoms with Gasteiger partial charge in [-0.25, -0.2) is 0 Å². The van der Waals surface area contributed by atoms with E-state index in [1.807, 2.05) is 10.2 Å². The van der Waals surface area contributed by atoms with Gasteiger partial charge >= 0.3 is 0 Å².